The molecule has 2 rings (SSSR count). The van der Waals surface area contributed by atoms with Gasteiger partial charge in [0.05, 0.1) is 12.5 Å². The first kappa shape index (κ1) is 7.67. The van der Waals surface area contributed by atoms with Crippen LogP contribution in [0.5, 0.6) is 0 Å². The van der Waals surface area contributed by atoms with Gasteiger partial charge < -0.3 is 14.6 Å². The quantitative estimate of drug-likeness (QED) is 0.612. The summed E-state index contributed by atoms with van der Waals surface area (Å²) in [6.45, 7) is 0. The zero-order chi connectivity index (χ0) is 9.26. The molecule has 0 saturated heterocycles. The number of nitrogens with zero attached hydrogens (tertiary/aromatic N) is 1. The SMILES string of the molecule is OC=c1cc2ncoc2cc1=CO. The second-order valence-electron chi connectivity index (χ2n) is 2.56. The summed E-state index contributed by atoms with van der Waals surface area (Å²) in [7, 11) is 0. The van der Waals surface area contributed by atoms with Crippen molar-refractivity contribution in [3.8, 4) is 0 Å². The van der Waals surface area contributed by atoms with Crippen molar-refractivity contribution in [1.82, 2.24) is 4.98 Å². The summed E-state index contributed by atoms with van der Waals surface area (Å²) in [5.41, 5.74) is 1.22. The van der Waals surface area contributed by atoms with Crippen LogP contribution < -0.4 is 10.4 Å². The van der Waals surface area contributed by atoms with E-state index in [9.17, 15) is 0 Å². The number of oxazole rings is 1. The van der Waals surface area contributed by atoms with E-state index in [1.807, 2.05) is 0 Å². The van der Waals surface area contributed by atoms with E-state index in [1.165, 1.54) is 6.39 Å². The maximum Gasteiger partial charge on any atom is 0.181 e. The summed E-state index contributed by atoms with van der Waals surface area (Å²) in [6.07, 6.45) is 3.13. The zero-order valence-corrected chi connectivity index (χ0v) is 6.64. The zero-order valence-electron chi connectivity index (χ0n) is 6.64. The van der Waals surface area contributed by atoms with Gasteiger partial charge in [-0.3, -0.25) is 0 Å². The summed E-state index contributed by atoms with van der Waals surface area (Å²) < 4.78 is 5.02. The molecule has 66 valence electrons. The highest BCUT2D eigenvalue weighted by Crippen LogP contribution is 2.05. The molecular formula is C9H7NO3. The first-order chi connectivity index (χ1) is 6.35. The van der Waals surface area contributed by atoms with Crippen molar-refractivity contribution in [3.63, 3.8) is 0 Å². The van der Waals surface area contributed by atoms with Crippen LogP contribution in [0.4, 0.5) is 0 Å². The van der Waals surface area contributed by atoms with Crippen LogP contribution in [0.15, 0.2) is 22.9 Å². The van der Waals surface area contributed by atoms with Gasteiger partial charge in [0.1, 0.15) is 5.52 Å². The van der Waals surface area contributed by atoms with Gasteiger partial charge in [0, 0.05) is 10.4 Å². The van der Waals surface area contributed by atoms with Gasteiger partial charge in [-0.25, -0.2) is 4.98 Å². The fourth-order valence-electron chi connectivity index (χ4n) is 1.16. The van der Waals surface area contributed by atoms with Crippen molar-refractivity contribution in [2.75, 3.05) is 0 Å². The van der Waals surface area contributed by atoms with Crippen LogP contribution in [0.1, 0.15) is 0 Å². The van der Waals surface area contributed by atoms with Gasteiger partial charge in [-0.1, -0.05) is 0 Å². The third-order valence-electron chi connectivity index (χ3n) is 1.81. The first-order valence-corrected chi connectivity index (χ1v) is 3.67. The number of aliphatic hydroxyl groups is 2. The number of aliphatic hydroxyl groups excluding tert-OH is 2. The number of benzene rings is 1. The molecule has 4 nitrogen and oxygen atoms in total. The lowest BCUT2D eigenvalue weighted by Crippen LogP contribution is -2.23. The average Bonchev–Trinajstić information content (AvgIpc) is 2.62. The van der Waals surface area contributed by atoms with E-state index in [0.717, 1.165) is 12.5 Å². The van der Waals surface area contributed by atoms with Crippen LogP contribution in [-0.2, 0) is 0 Å². The Morgan fingerprint density at radius 2 is 1.85 bits per heavy atom. The van der Waals surface area contributed by atoms with Crippen LogP contribution in [0.3, 0.4) is 0 Å². The number of hydrogen-bond donors (Lipinski definition) is 2. The van der Waals surface area contributed by atoms with Gasteiger partial charge in [0.25, 0.3) is 0 Å². The lowest BCUT2D eigenvalue weighted by atomic mass is 10.2. The molecule has 0 atom stereocenters. The van der Waals surface area contributed by atoms with Crippen molar-refractivity contribution in [1.29, 1.82) is 0 Å². The molecule has 13 heavy (non-hydrogen) atoms. The highest BCUT2D eigenvalue weighted by Gasteiger charge is 1.97. The standard InChI is InChI=1S/C9H7NO3/c11-3-6-1-8-9(13-5-10-8)2-7(6)4-12/h1-5,11-12H. The van der Waals surface area contributed by atoms with Crippen LogP contribution in [0, 0.1) is 0 Å². The first-order valence-electron chi connectivity index (χ1n) is 3.67. The Labute approximate surface area is 73.1 Å². The van der Waals surface area contributed by atoms with Crippen molar-refractivity contribution in [2.45, 2.75) is 0 Å². The Hall–Kier alpha value is -1.97. The second kappa shape index (κ2) is 2.82. The fourth-order valence-corrected chi connectivity index (χ4v) is 1.16. The fraction of sp³-hybridized carbons (Fsp3) is 0. The lowest BCUT2D eigenvalue weighted by Gasteiger charge is -1.88. The number of fused-ring (bicyclic) bond motifs is 1. The summed E-state index contributed by atoms with van der Waals surface area (Å²) in [6, 6.07) is 3.23. The van der Waals surface area contributed by atoms with E-state index in [0.29, 0.717) is 21.5 Å². The van der Waals surface area contributed by atoms with Gasteiger partial charge in [-0.15, -0.1) is 0 Å². The molecular weight excluding hydrogens is 170 g/mol. The molecule has 0 radical (unpaired) electrons. The van der Waals surface area contributed by atoms with Crippen molar-refractivity contribution in [3.05, 3.63) is 29.0 Å². The number of aromatic nitrogens is 1. The minimum absolute atomic E-state index is 0.492. The summed E-state index contributed by atoms with van der Waals surface area (Å²) in [4.78, 5) is 3.91. The third-order valence-corrected chi connectivity index (χ3v) is 1.81. The largest absolute Gasteiger partial charge is 0.515 e. The maximum atomic E-state index is 8.83. The topological polar surface area (TPSA) is 66.5 Å². The molecule has 0 amide bonds. The molecule has 0 bridgehead atoms. The van der Waals surface area contributed by atoms with E-state index in [1.54, 1.807) is 12.1 Å². The van der Waals surface area contributed by atoms with Gasteiger partial charge in [0.2, 0.25) is 0 Å². The van der Waals surface area contributed by atoms with Gasteiger partial charge >= 0.3 is 0 Å². The van der Waals surface area contributed by atoms with E-state index in [2.05, 4.69) is 4.98 Å². The van der Waals surface area contributed by atoms with E-state index in [-0.39, 0.29) is 0 Å². The average molecular weight is 177 g/mol. The highest BCUT2D eigenvalue weighted by molar-refractivity contribution is 5.72. The van der Waals surface area contributed by atoms with E-state index < -0.39 is 0 Å². The molecule has 1 aromatic heterocycles. The number of hydrogen-bond acceptors (Lipinski definition) is 4. The van der Waals surface area contributed by atoms with Crippen molar-refractivity contribution in [2.24, 2.45) is 0 Å². The lowest BCUT2D eigenvalue weighted by molar-refractivity contribution is 0.533. The molecule has 0 fully saturated rings. The van der Waals surface area contributed by atoms with Gasteiger partial charge in [0.15, 0.2) is 12.0 Å². The Morgan fingerprint density at radius 3 is 2.54 bits per heavy atom. The molecule has 4 heteroatoms. The Kier molecular flexibility index (Phi) is 1.66. The molecule has 0 aliphatic carbocycles. The molecule has 0 unspecified atom stereocenters. The molecule has 0 spiro atoms. The van der Waals surface area contributed by atoms with Crippen LogP contribution in [-0.4, -0.2) is 15.2 Å². The van der Waals surface area contributed by atoms with E-state index in [4.69, 9.17) is 14.6 Å². The van der Waals surface area contributed by atoms with Gasteiger partial charge in [-0.05, 0) is 12.1 Å². The van der Waals surface area contributed by atoms with E-state index >= 15 is 0 Å². The van der Waals surface area contributed by atoms with Crippen LogP contribution in [0.2, 0.25) is 0 Å². The monoisotopic (exact) mass is 177 g/mol. The Bertz CT molecular complexity index is 493. The maximum absolute atomic E-state index is 8.83. The van der Waals surface area contributed by atoms with Crippen LogP contribution in [0.25, 0.3) is 23.6 Å². The normalized spacial score (nSPS) is 14.2. The molecule has 1 aromatic carbocycles. The minimum Gasteiger partial charge on any atom is -0.515 e. The molecule has 1 heterocycles. The number of rotatable bonds is 0. The molecule has 0 aliphatic rings. The summed E-state index contributed by atoms with van der Waals surface area (Å²) in [5, 5.41) is 18.7. The van der Waals surface area contributed by atoms with Crippen molar-refractivity contribution < 1.29 is 14.6 Å². The summed E-state index contributed by atoms with van der Waals surface area (Å²) in [5.74, 6) is 0. The molecule has 0 aliphatic heterocycles. The molecule has 2 N–H and O–H groups in total. The smallest absolute Gasteiger partial charge is 0.181 e. The predicted octanol–water partition coefficient (Wildman–Crippen LogP) is 0.420. The Morgan fingerprint density at radius 1 is 1.15 bits per heavy atom. The minimum atomic E-state index is 0.492. The highest BCUT2D eigenvalue weighted by atomic mass is 16.3. The van der Waals surface area contributed by atoms with Gasteiger partial charge in [-0.2, -0.15) is 0 Å². The van der Waals surface area contributed by atoms with Crippen molar-refractivity contribution >= 4 is 23.6 Å². The second-order valence-corrected chi connectivity index (χ2v) is 2.56. The molecule has 2 aromatic rings. The molecule has 0 saturated carbocycles. The van der Waals surface area contributed by atoms with Crippen LogP contribution >= 0.6 is 0 Å². The third kappa shape index (κ3) is 1.12. The predicted molar refractivity (Wildman–Crippen MR) is 47.4 cm³/mol. The summed E-state index contributed by atoms with van der Waals surface area (Å²) >= 11 is 0. The Balaban J connectivity index is 2.99.